The van der Waals surface area contributed by atoms with Gasteiger partial charge in [-0.05, 0) is 37.5 Å². The first kappa shape index (κ1) is 13.7. The highest BCUT2D eigenvalue weighted by Gasteiger charge is 2.22. The molecule has 0 radical (unpaired) electrons. The zero-order valence-electron chi connectivity index (χ0n) is 10.9. The van der Waals surface area contributed by atoms with Crippen LogP contribution in [0.4, 0.5) is 4.39 Å². The third kappa shape index (κ3) is 4.17. The van der Waals surface area contributed by atoms with Crippen molar-refractivity contribution in [2.45, 2.75) is 39.7 Å². The van der Waals surface area contributed by atoms with Gasteiger partial charge in [-0.25, -0.2) is 4.39 Å². The number of rotatable bonds is 4. The van der Waals surface area contributed by atoms with E-state index in [9.17, 15) is 9.18 Å². The molecule has 0 aliphatic heterocycles. The van der Waals surface area contributed by atoms with Crippen molar-refractivity contribution in [1.29, 1.82) is 0 Å². The molecule has 0 atom stereocenters. The normalized spacial score (nSPS) is 11.6. The minimum atomic E-state index is -0.473. The molecule has 17 heavy (non-hydrogen) atoms. The van der Waals surface area contributed by atoms with Gasteiger partial charge in [-0.3, -0.25) is 4.79 Å². The van der Waals surface area contributed by atoms with Crippen LogP contribution in [-0.4, -0.2) is 5.91 Å². The number of carbonyl (C=O) groups excluding carboxylic acids is 1. The maximum atomic E-state index is 12.8. The van der Waals surface area contributed by atoms with Gasteiger partial charge in [0.05, 0.1) is 5.54 Å². The molecule has 1 amide bonds. The summed E-state index contributed by atoms with van der Waals surface area (Å²) < 4.78 is 12.8. The summed E-state index contributed by atoms with van der Waals surface area (Å²) in [6.07, 6.45) is 0.505. The molecule has 3 heteroatoms. The van der Waals surface area contributed by atoms with E-state index in [1.54, 1.807) is 12.1 Å². The highest BCUT2D eigenvalue weighted by molar-refractivity contribution is 5.77. The summed E-state index contributed by atoms with van der Waals surface area (Å²) in [5, 5.41) is 2.96. The van der Waals surface area contributed by atoms with E-state index in [0.717, 1.165) is 5.56 Å². The molecule has 94 valence electrons. The lowest BCUT2D eigenvalue weighted by atomic mass is 9.93. The second-order valence-corrected chi connectivity index (χ2v) is 5.28. The van der Waals surface area contributed by atoms with Gasteiger partial charge in [-0.1, -0.05) is 26.0 Å². The maximum absolute atomic E-state index is 12.8. The lowest BCUT2D eigenvalue weighted by Gasteiger charge is -2.27. The molecule has 1 aromatic carbocycles. The molecule has 0 heterocycles. The van der Waals surface area contributed by atoms with Crippen molar-refractivity contribution in [3.05, 3.63) is 35.6 Å². The van der Waals surface area contributed by atoms with Gasteiger partial charge < -0.3 is 5.32 Å². The number of amides is 1. The third-order valence-corrected chi connectivity index (χ3v) is 2.61. The fourth-order valence-corrected chi connectivity index (χ4v) is 1.71. The maximum Gasteiger partial charge on any atom is 0.220 e. The Labute approximate surface area is 102 Å². The Morgan fingerprint density at radius 3 is 2.29 bits per heavy atom. The van der Waals surface area contributed by atoms with Crippen LogP contribution in [0.15, 0.2) is 24.3 Å². The smallest absolute Gasteiger partial charge is 0.220 e. The topological polar surface area (TPSA) is 29.1 Å². The molecule has 0 saturated heterocycles. The fraction of sp³-hybridized carbons (Fsp3) is 0.500. The van der Waals surface area contributed by atoms with E-state index in [2.05, 4.69) is 5.32 Å². The van der Waals surface area contributed by atoms with E-state index in [1.807, 2.05) is 27.7 Å². The van der Waals surface area contributed by atoms with Crippen LogP contribution in [0.3, 0.4) is 0 Å². The molecule has 0 bridgehead atoms. The largest absolute Gasteiger partial charge is 0.347 e. The van der Waals surface area contributed by atoms with E-state index in [4.69, 9.17) is 0 Å². The van der Waals surface area contributed by atoms with Gasteiger partial charge in [0, 0.05) is 6.42 Å². The van der Waals surface area contributed by atoms with Crippen LogP contribution in [-0.2, 0) is 10.3 Å². The average molecular weight is 237 g/mol. The first-order valence-electron chi connectivity index (χ1n) is 5.88. The van der Waals surface area contributed by atoms with E-state index in [1.165, 1.54) is 12.1 Å². The van der Waals surface area contributed by atoms with Crippen LogP contribution in [0.1, 0.15) is 39.7 Å². The number of carbonyl (C=O) groups is 1. The summed E-state index contributed by atoms with van der Waals surface area (Å²) >= 11 is 0. The van der Waals surface area contributed by atoms with Gasteiger partial charge in [-0.2, -0.15) is 0 Å². The molecule has 0 aliphatic carbocycles. The van der Waals surface area contributed by atoms with Gasteiger partial charge >= 0.3 is 0 Å². The Hall–Kier alpha value is -1.38. The summed E-state index contributed by atoms with van der Waals surface area (Å²) in [5.74, 6) is 0.0893. The van der Waals surface area contributed by atoms with Gasteiger partial charge in [0.15, 0.2) is 0 Å². The lowest BCUT2D eigenvalue weighted by molar-refractivity contribution is -0.123. The Kier molecular flexibility index (Phi) is 4.27. The second kappa shape index (κ2) is 5.30. The van der Waals surface area contributed by atoms with Crippen molar-refractivity contribution >= 4 is 5.91 Å². The Balaban J connectivity index is 2.74. The Morgan fingerprint density at radius 1 is 1.29 bits per heavy atom. The SMILES string of the molecule is CC(C)CC(=O)NC(C)(C)c1ccc(F)cc1. The number of hydrogen-bond acceptors (Lipinski definition) is 1. The number of hydrogen-bond donors (Lipinski definition) is 1. The van der Waals surface area contributed by atoms with Crippen molar-refractivity contribution in [2.75, 3.05) is 0 Å². The zero-order valence-corrected chi connectivity index (χ0v) is 10.9. The van der Waals surface area contributed by atoms with Gasteiger partial charge in [0.25, 0.3) is 0 Å². The summed E-state index contributed by atoms with van der Waals surface area (Å²) in [6, 6.07) is 6.22. The van der Waals surface area contributed by atoms with Crippen molar-refractivity contribution in [2.24, 2.45) is 5.92 Å². The standard InChI is InChI=1S/C14H20FNO/c1-10(2)9-13(17)16-14(3,4)11-5-7-12(15)8-6-11/h5-8,10H,9H2,1-4H3,(H,16,17). The predicted molar refractivity (Wildman–Crippen MR) is 67.0 cm³/mol. The van der Waals surface area contributed by atoms with E-state index in [0.29, 0.717) is 12.3 Å². The highest BCUT2D eigenvalue weighted by Crippen LogP contribution is 2.20. The van der Waals surface area contributed by atoms with Crippen LogP contribution in [0.5, 0.6) is 0 Å². The summed E-state index contributed by atoms with van der Waals surface area (Å²) in [6.45, 7) is 7.84. The minimum absolute atomic E-state index is 0.0225. The molecule has 0 spiro atoms. The number of halogens is 1. The first-order valence-corrected chi connectivity index (χ1v) is 5.88. The molecule has 0 aromatic heterocycles. The molecular weight excluding hydrogens is 217 g/mol. The highest BCUT2D eigenvalue weighted by atomic mass is 19.1. The molecule has 0 fully saturated rings. The van der Waals surface area contributed by atoms with Gasteiger partial charge in [0.2, 0.25) is 5.91 Å². The van der Waals surface area contributed by atoms with Crippen molar-refractivity contribution in [1.82, 2.24) is 5.32 Å². The van der Waals surface area contributed by atoms with Crippen LogP contribution in [0.2, 0.25) is 0 Å². The minimum Gasteiger partial charge on any atom is -0.347 e. The fourth-order valence-electron chi connectivity index (χ4n) is 1.71. The van der Waals surface area contributed by atoms with E-state index in [-0.39, 0.29) is 11.7 Å². The van der Waals surface area contributed by atoms with Crippen LogP contribution in [0.25, 0.3) is 0 Å². The summed E-state index contributed by atoms with van der Waals surface area (Å²) in [4.78, 5) is 11.7. The second-order valence-electron chi connectivity index (χ2n) is 5.28. The lowest BCUT2D eigenvalue weighted by Crippen LogP contribution is -2.41. The van der Waals surface area contributed by atoms with Crippen LogP contribution < -0.4 is 5.32 Å². The van der Waals surface area contributed by atoms with Crippen LogP contribution >= 0.6 is 0 Å². The van der Waals surface area contributed by atoms with Gasteiger partial charge in [-0.15, -0.1) is 0 Å². The van der Waals surface area contributed by atoms with Crippen molar-refractivity contribution in [3.8, 4) is 0 Å². The molecule has 0 aliphatic rings. The zero-order chi connectivity index (χ0) is 13.1. The molecule has 0 unspecified atom stereocenters. The van der Waals surface area contributed by atoms with Crippen molar-refractivity contribution in [3.63, 3.8) is 0 Å². The Morgan fingerprint density at radius 2 is 1.82 bits per heavy atom. The average Bonchev–Trinajstić information content (AvgIpc) is 2.15. The predicted octanol–water partition coefficient (Wildman–Crippen LogP) is 3.22. The molecule has 2 nitrogen and oxygen atoms in total. The van der Waals surface area contributed by atoms with Crippen molar-refractivity contribution < 1.29 is 9.18 Å². The Bertz CT molecular complexity index is 382. The number of benzene rings is 1. The molecule has 1 N–H and O–H groups in total. The van der Waals surface area contributed by atoms with Gasteiger partial charge in [0.1, 0.15) is 5.82 Å². The third-order valence-electron chi connectivity index (χ3n) is 2.61. The molecule has 0 saturated carbocycles. The molecule has 1 rings (SSSR count). The summed E-state index contributed by atoms with van der Waals surface area (Å²) in [5.41, 5.74) is 0.427. The monoisotopic (exact) mass is 237 g/mol. The first-order chi connectivity index (χ1) is 7.81. The number of nitrogens with one attached hydrogen (secondary N) is 1. The summed E-state index contributed by atoms with van der Waals surface area (Å²) in [7, 11) is 0. The van der Waals surface area contributed by atoms with Crippen LogP contribution in [0, 0.1) is 11.7 Å². The van der Waals surface area contributed by atoms with E-state index >= 15 is 0 Å². The molecule has 1 aromatic rings. The van der Waals surface area contributed by atoms with E-state index < -0.39 is 5.54 Å². The quantitative estimate of drug-likeness (QED) is 0.856. The molecular formula is C14H20FNO.